The van der Waals surface area contributed by atoms with Gasteiger partial charge in [0.05, 0.1) is 6.54 Å². The molecule has 0 atom stereocenters. The standard InChI is InChI=1S/C14H27N/c1-4-7-9-11-14(15-13-6-3)12-10-8-5-2/h3,14-15H,4-5,7-13H2,1-2H3. The number of rotatable bonds is 10. The molecule has 0 aromatic rings. The molecule has 0 aliphatic heterocycles. The van der Waals surface area contributed by atoms with Gasteiger partial charge >= 0.3 is 0 Å². The van der Waals surface area contributed by atoms with Gasteiger partial charge < -0.3 is 5.32 Å². The van der Waals surface area contributed by atoms with Crippen LogP contribution in [-0.4, -0.2) is 12.6 Å². The molecule has 0 bridgehead atoms. The van der Waals surface area contributed by atoms with E-state index in [1.165, 1.54) is 51.4 Å². The van der Waals surface area contributed by atoms with E-state index in [4.69, 9.17) is 6.42 Å². The van der Waals surface area contributed by atoms with Gasteiger partial charge in [0, 0.05) is 6.04 Å². The van der Waals surface area contributed by atoms with E-state index in [0.29, 0.717) is 6.04 Å². The largest absolute Gasteiger partial charge is 0.303 e. The van der Waals surface area contributed by atoms with Crippen molar-refractivity contribution in [3.8, 4) is 12.3 Å². The average molecular weight is 209 g/mol. The first kappa shape index (κ1) is 14.5. The predicted molar refractivity (Wildman–Crippen MR) is 68.9 cm³/mol. The van der Waals surface area contributed by atoms with Gasteiger partial charge in [0.2, 0.25) is 0 Å². The average Bonchev–Trinajstić information content (AvgIpc) is 2.25. The van der Waals surface area contributed by atoms with Crippen LogP contribution in [0.4, 0.5) is 0 Å². The molecule has 0 radical (unpaired) electrons. The summed E-state index contributed by atoms with van der Waals surface area (Å²) in [6.45, 7) is 5.23. The lowest BCUT2D eigenvalue weighted by Crippen LogP contribution is -2.29. The van der Waals surface area contributed by atoms with Gasteiger partial charge in [0.15, 0.2) is 0 Å². The molecule has 1 heteroatoms. The summed E-state index contributed by atoms with van der Waals surface area (Å²) < 4.78 is 0. The van der Waals surface area contributed by atoms with Crippen molar-refractivity contribution >= 4 is 0 Å². The van der Waals surface area contributed by atoms with Crippen LogP contribution in [0.25, 0.3) is 0 Å². The molecule has 0 aliphatic rings. The maximum absolute atomic E-state index is 5.27. The highest BCUT2D eigenvalue weighted by atomic mass is 14.9. The molecule has 0 amide bonds. The first-order chi connectivity index (χ1) is 7.35. The van der Waals surface area contributed by atoms with E-state index < -0.39 is 0 Å². The van der Waals surface area contributed by atoms with E-state index >= 15 is 0 Å². The maximum Gasteiger partial charge on any atom is 0.0575 e. The van der Waals surface area contributed by atoms with Crippen molar-refractivity contribution in [2.45, 2.75) is 71.3 Å². The topological polar surface area (TPSA) is 12.0 Å². The van der Waals surface area contributed by atoms with Gasteiger partial charge in [0.25, 0.3) is 0 Å². The molecule has 0 unspecified atom stereocenters. The molecule has 0 aromatic carbocycles. The summed E-state index contributed by atoms with van der Waals surface area (Å²) in [5.41, 5.74) is 0. The third-order valence-electron chi connectivity index (χ3n) is 2.81. The monoisotopic (exact) mass is 209 g/mol. The Morgan fingerprint density at radius 3 is 1.93 bits per heavy atom. The summed E-state index contributed by atoms with van der Waals surface area (Å²) in [7, 11) is 0. The van der Waals surface area contributed by atoms with E-state index in [9.17, 15) is 0 Å². The molecule has 1 nitrogen and oxygen atoms in total. The van der Waals surface area contributed by atoms with Crippen LogP contribution in [0, 0.1) is 12.3 Å². The van der Waals surface area contributed by atoms with Crippen molar-refractivity contribution < 1.29 is 0 Å². The molecule has 0 saturated carbocycles. The van der Waals surface area contributed by atoms with Gasteiger partial charge in [0.1, 0.15) is 0 Å². The Hall–Kier alpha value is -0.480. The highest BCUT2D eigenvalue weighted by Gasteiger charge is 2.06. The molecule has 1 N–H and O–H groups in total. The second-order valence-electron chi connectivity index (χ2n) is 4.27. The summed E-state index contributed by atoms with van der Waals surface area (Å²) in [6.07, 6.45) is 15.8. The number of hydrogen-bond acceptors (Lipinski definition) is 1. The quantitative estimate of drug-likeness (QED) is 0.427. The van der Waals surface area contributed by atoms with Crippen LogP contribution in [0.3, 0.4) is 0 Å². The zero-order valence-electron chi connectivity index (χ0n) is 10.5. The fraction of sp³-hybridized carbons (Fsp3) is 0.857. The Morgan fingerprint density at radius 1 is 1.00 bits per heavy atom. The molecular formula is C14H27N. The lowest BCUT2D eigenvalue weighted by atomic mass is 10.0. The number of terminal acetylenes is 1. The minimum absolute atomic E-state index is 0.652. The first-order valence-corrected chi connectivity index (χ1v) is 6.52. The molecule has 0 aliphatic carbocycles. The summed E-state index contributed by atoms with van der Waals surface area (Å²) in [5, 5.41) is 3.45. The SMILES string of the molecule is C#CCNC(CCCCC)CCCCC. The lowest BCUT2D eigenvalue weighted by molar-refractivity contribution is 0.436. The summed E-state index contributed by atoms with van der Waals surface area (Å²) in [5.74, 6) is 2.67. The molecule has 0 aromatic heterocycles. The van der Waals surface area contributed by atoms with Crippen molar-refractivity contribution in [2.24, 2.45) is 0 Å². The Morgan fingerprint density at radius 2 is 1.53 bits per heavy atom. The van der Waals surface area contributed by atoms with Gasteiger partial charge in [-0.3, -0.25) is 0 Å². The highest BCUT2D eigenvalue weighted by Crippen LogP contribution is 2.10. The predicted octanol–water partition coefficient (Wildman–Crippen LogP) is 3.74. The van der Waals surface area contributed by atoms with Gasteiger partial charge in [-0.05, 0) is 12.8 Å². The van der Waals surface area contributed by atoms with Crippen molar-refractivity contribution in [2.75, 3.05) is 6.54 Å². The van der Waals surface area contributed by atoms with Gasteiger partial charge in [-0.15, -0.1) is 6.42 Å². The smallest absolute Gasteiger partial charge is 0.0575 e. The molecule has 0 heterocycles. The Balaban J connectivity index is 3.59. The zero-order chi connectivity index (χ0) is 11.4. The Labute approximate surface area is 96.0 Å². The third kappa shape index (κ3) is 9.82. The van der Waals surface area contributed by atoms with E-state index in [1.807, 2.05) is 0 Å². The second kappa shape index (κ2) is 11.6. The van der Waals surface area contributed by atoms with E-state index in [-0.39, 0.29) is 0 Å². The molecule has 0 saturated heterocycles. The molecule has 0 rings (SSSR count). The zero-order valence-corrected chi connectivity index (χ0v) is 10.5. The molecule has 15 heavy (non-hydrogen) atoms. The maximum atomic E-state index is 5.27. The summed E-state index contributed by atoms with van der Waals surface area (Å²) >= 11 is 0. The van der Waals surface area contributed by atoms with Gasteiger partial charge in [-0.2, -0.15) is 0 Å². The van der Waals surface area contributed by atoms with Gasteiger partial charge in [-0.25, -0.2) is 0 Å². The van der Waals surface area contributed by atoms with E-state index in [1.54, 1.807) is 0 Å². The van der Waals surface area contributed by atoms with Crippen LogP contribution in [0.2, 0.25) is 0 Å². The Bertz CT molecular complexity index is 147. The van der Waals surface area contributed by atoms with Crippen LogP contribution in [-0.2, 0) is 0 Å². The summed E-state index contributed by atoms with van der Waals surface area (Å²) in [6, 6.07) is 0.652. The first-order valence-electron chi connectivity index (χ1n) is 6.52. The number of nitrogens with one attached hydrogen (secondary N) is 1. The van der Waals surface area contributed by atoms with Crippen LogP contribution >= 0.6 is 0 Å². The van der Waals surface area contributed by atoms with Crippen LogP contribution < -0.4 is 5.32 Å². The van der Waals surface area contributed by atoms with Crippen LogP contribution in [0.5, 0.6) is 0 Å². The molecule has 0 spiro atoms. The number of hydrogen-bond donors (Lipinski definition) is 1. The molecular weight excluding hydrogens is 182 g/mol. The van der Waals surface area contributed by atoms with Crippen molar-refractivity contribution in [1.82, 2.24) is 5.32 Å². The third-order valence-corrected chi connectivity index (χ3v) is 2.81. The number of unbranched alkanes of at least 4 members (excludes halogenated alkanes) is 4. The molecule has 88 valence electrons. The van der Waals surface area contributed by atoms with Gasteiger partial charge in [-0.1, -0.05) is 58.3 Å². The fourth-order valence-corrected chi connectivity index (χ4v) is 1.83. The normalized spacial score (nSPS) is 10.5. The van der Waals surface area contributed by atoms with Crippen LogP contribution in [0.1, 0.15) is 65.2 Å². The minimum Gasteiger partial charge on any atom is -0.303 e. The lowest BCUT2D eigenvalue weighted by Gasteiger charge is -2.17. The molecule has 0 fully saturated rings. The summed E-state index contributed by atoms with van der Waals surface area (Å²) in [4.78, 5) is 0. The van der Waals surface area contributed by atoms with E-state index in [2.05, 4.69) is 25.1 Å². The van der Waals surface area contributed by atoms with Crippen molar-refractivity contribution in [3.63, 3.8) is 0 Å². The second-order valence-corrected chi connectivity index (χ2v) is 4.27. The van der Waals surface area contributed by atoms with Crippen molar-refractivity contribution in [1.29, 1.82) is 0 Å². The Kier molecular flexibility index (Phi) is 11.2. The fourth-order valence-electron chi connectivity index (χ4n) is 1.83. The van der Waals surface area contributed by atoms with Crippen molar-refractivity contribution in [3.05, 3.63) is 0 Å². The minimum atomic E-state index is 0.652. The van der Waals surface area contributed by atoms with E-state index in [0.717, 1.165) is 6.54 Å². The highest BCUT2D eigenvalue weighted by molar-refractivity contribution is 4.88. The van der Waals surface area contributed by atoms with Crippen LogP contribution in [0.15, 0.2) is 0 Å².